The molecule has 1 aromatic heterocycles. The van der Waals surface area contributed by atoms with E-state index >= 15 is 0 Å². The number of nitrogens with one attached hydrogen (secondary N) is 2. The normalized spacial score (nSPS) is 14.4. The SMILES string of the molecule is COc1ccc(CNC(=O)NC2CCN(C(=O)c3ccnc(C)c3)CC2)cc1. The first kappa shape index (κ1) is 19.7. The van der Waals surface area contributed by atoms with Gasteiger partial charge in [-0.1, -0.05) is 12.1 Å². The Labute approximate surface area is 165 Å². The van der Waals surface area contributed by atoms with Gasteiger partial charge in [0, 0.05) is 43.1 Å². The Hall–Kier alpha value is -3.09. The maximum atomic E-state index is 12.6. The van der Waals surface area contributed by atoms with Crippen molar-refractivity contribution in [2.45, 2.75) is 32.4 Å². The summed E-state index contributed by atoms with van der Waals surface area (Å²) in [5, 5.41) is 5.87. The molecule has 28 heavy (non-hydrogen) atoms. The summed E-state index contributed by atoms with van der Waals surface area (Å²) in [5.74, 6) is 0.810. The number of carbonyl (C=O) groups is 2. The van der Waals surface area contributed by atoms with E-state index in [-0.39, 0.29) is 18.0 Å². The number of carbonyl (C=O) groups excluding carboxylic acids is 2. The molecule has 0 atom stereocenters. The second-order valence-electron chi connectivity index (χ2n) is 6.93. The van der Waals surface area contributed by atoms with E-state index in [9.17, 15) is 9.59 Å². The van der Waals surface area contributed by atoms with Crippen LogP contribution < -0.4 is 15.4 Å². The minimum Gasteiger partial charge on any atom is -0.497 e. The first-order valence-electron chi connectivity index (χ1n) is 9.44. The molecule has 1 aliphatic rings. The molecule has 0 bridgehead atoms. The third-order valence-electron chi connectivity index (χ3n) is 4.87. The summed E-state index contributed by atoms with van der Waals surface area (Å²) in [5.41, 5.74) is 2.50. The Balaban J connectivity index is 1.42. The molecule has 7 heteroatoms. The minimum absolute atomic E-state index is 0.0212. The van der Waals surface area contributed by atoms with Gasteiger partial charge in [-0.15, -0.1) is 0 Å². The van der Waals surface area contributed by atoms with Crippen LogP contribution in [0.15, 0.2) is 42.6 Å². The van der Waals surface area contributed by atoms with Gasteiger partial charge in [0.25, 0.3) is 5.91 Å². The quantitative estimate of drug-likeness (QED) is 0.832. The van der Waals surface area contributed by atoms with Crippen molar-refractivity contribution < 1.29 is 14.3 Å². The molecule has 0 spiro atoms. The van der Waals surface area contributed by atoms with Gasteiger partial charge in [0.2, 0.25) is 0 Å². The molecule has 7 nitrogen and oxygen atoms in total. The fourth-order valence-electron chi connectivity index (χ4n) is 3.25. The van der Waals surface area contributed by atoms with E-state index in [2.05, 4.69) is 15.6 Å². The number of rotatable bonds is 5. The molecule has 3 rings (SSSR count). The van der Waals surface area contributed by atoms with Crippen molar-refractivity contribution >= 4 is 11.9 Å². The van der Waals surface area contributed by atoms with Gasteiger partial charge in [0.1, 0.15) is 5.75 Å². The lowest BCUT2D eigenvalue weighted by Crippen LogP contribution is -2.49. The van der Waals surface area contributed by atoms with Gasteiger partial charge in [-0.05, 0) is 49.6 Å². The highest BCUT2D eigenvalue weighted by molar-refractivity contribution is 5.94. The molecule has 148 valence electrons. The average Bonchev–Trinajstić information content (AvgIpc) is 2.72. The fraction of sp³-hybridized carbons (Fsp3) is 0.381. The molecular formula is C21H26N4O3. The Kier molecular flexibility index (Phi) is 6.47. The van der Waals surface area contributed by atoms with Crippen molar-refractivity contribution in [3.8, 4) is 5.75 Å². The largest absolute Gasteiger partial charge is 0.497 e. The maximum Gasteiger partial charge on any atom is 0.315 e. The van der Waals surface area contributed by atoms with E-state index in [1.165, 1.54) is 0 Å². The Morgan fingerprint density at radius 3 is 2.54 bits per heavy atom. The average molecular weight is 382 g/mol. The lowest BCUT2D eigenvalue weighted by atomic mass is 10.0. The van der Waals surface area contributed by atoms with E-state index in [1.807, 2.05) is 36.1 Å². The van der Waals surface area contributed by atoms with E-state index in [1.54, 1.807) is 25.4 Å². The third-order valence-corrected chi connectivity index (χ3v) is 4.87. The summed E-state index contributed by atoms with van der Waals surface area (Å²) in [6.07, 6.45) is 3.14. The van der Waals surface area contributed by atoms with Crippen LogP contribution in [0.4, 0.5) is 4.79 Å². The molecule has 2 aromatic rings. The number of piperidine rings is 1. The van der Waals surface area contributed by atoms with E-state index < -0.39 is 0 Å². The summed E-state index contributed by atoms with van der Waals surface area (Å²) < 4.78 is 5.12. The number of likely N-dealkylation sites (tertiary alicyclic amines) is 1. The van der Waals surface area contributed by atoms with Crippen molar-refractivity contribution in [3.05, 3.63) is 59.4 Å². The van der Waals surface area contributed by atoms with E-state index in [4.69, 9.17) is 4.74 Å². The molecule has 1 fully saturated rings. The van der Waals surface area contributed by atoms with Crippen molar-refractivity contribution in [2.75, 3.05) is 20.2 Å². The number of aromatic nitrogens is 1. The molecule has 2 N–H and O–H groups in total. The number of aryl methyl sites for hydroxylation is 1. The second-order valence-corrected chi connectivity index (χ2v) is 6.93. The predicted molar refractivity (Wildman–Crippen MR) is 106 cm³/mol. The second kappa shape index (κ2) is 9.21. The fourth-order valence-corrected chi connectivity index (χ4v) is 3.25. The van der Waals surface area contributed by atoms with Crippen LogP contribution in [0.5, 0.6) is 5.75 Å². The van der Waals surface area contributed by atoms with Crippen molar-refractivity contribution in [1.29, 1.82) is 0 Å². The van der Waals surface area contributed by atoms with Gasteiger partial charge in [-0.2, -0.15) is 0 Å². The van der Waals surface area contributed by atoms with Crippen LogP contribution in [0.25, 0.3) is 0 Å². The van der Waals surface area contributed by atoms with Gasteiger partial charge >= 0.3 is 6.03 Å². The number of nitrogens with zero attached hydrogens (tertiary/aromatic N) is 2. The van der Waals surface area contributed by atoms with Crippen LogP contribution in [0.3, 0.4) is 0 Å². The Morgan fingerprint density at radius 2 is 1.89 bits per heavy atom. The Bertz CT molecular complexity index is 815. The summed E-state index contributed by atoms with van der Waals surface area (Å²) in [6.45, 7) is 3.58. The highest BCUT2D eigenvalue weighted by atomic mass is 16.5. The Morgan fingerprint density at radius 1 is 1.18 bits per heavy atom. The molecule has 1 aliphatic heterocycles. The first-order valence-corrected chi connectivity index (χ1v) is 9.44. The number of ether oxygens (including phenoxy) is 1. The summed E-state index contributed by atoms with van der Waals surface area (Å²) in [7, 11) is 1.62. The van der Waals surface area contributed by atoms with Crippen LogP contribution in [0.2, 0.25) is 0 Å². The monoisotopic (exact) mass is 382 g/mol. The van der Waals surface area contributed by atoms with Crippen molar-refractivity contribution in [2.24, 2.45) is 0 Å². The number of amides is 3. The lowest BCUT2D eigenvalue weighted by molar-refractivity contribution is 0.0708. The number of methoxy groups -OCH3 is 1. The molecule has 1 saturated heterocycles. The zero-order valence-electron chi connectivity index (χ0n) is 16.3. The minimum atomic E-state index is -0.189. The topological polar surface area (TPSA) is 83.6 Å². The lowest BCUT2D eigenvalue weighted by Gasteiger charge is -2.32. The number of hydrogen-bond donors (Lipinski definition) is 2. The molecule has 1 aromatic carbocycles. The van der Waals surface area contributed by atoms with Crippen LogP contribution in [-0.4, -0.2) is 48.1 Å². The smallest absolute Gasteiger partial charge is 0.315 e. The number of urea groups is 1. The van der Waals surface area contributed by atoms with Crippen LogP contribution >= 0.6 is 0 Å². The van der Waals surface area contributed by atoms with Crippen LogP contribution in [-0.2, 0) is 6.54 Å². The van der Waals surface area contributed by atoms with Gasteiger partial charge in [-0.25, -0.2) is 4.79 Å². The molecule has 3 amide bonds. The molecule has 0 unspecified atom stereocenters. The summed E-state index contributed by atoms with van der Waals surface area (Å²) >= 11 is 0. The van der Waals surface area contributed by atoms with Gasteiger partial charge in [0.15, 0.2) is 0 Å². The number of hydrogen-bond acceptors (Lipinski definition) is 4. The molecular weight excluding hydrogens is 356 g/mol. The standard InChI is InChI=1S/C21H26N4O3/c1-15-13-17(7-10-22-15)20(26)25-11-8-18(9-12-25)24-21(27)23-14-16-3-5-19(28-2)6-4-16/h3-7,10,13,18H,8-9,11-12,14H2,1-2H3,(H2,23,24,27). The van der Waals surface area contributed by atoms with Crippen LogP contribution in [0, 0.1) is 6.92 Å². The third kappa shape index (κ3) is 5.22. The van der Waals surface area contributed by atoms with Gasteiger partial charge in [-0.3, -0.25) is 9.78 Å². The highest BCUT2D eigenvalue weighted by Gasteiger charge is 2.24. The van der Waals surface area contributed by atoms with Crippen LogP contribution in [0.1, 0.15) is 34.5 Å². The van der Waals surface area contributed by atoms with E-state index in [0.717, 1.165) is 29.8 Å². The van der Waals surface area contributed by atoms with Gasteiger partial charge < -0.3 is 20.3 Å². The van der Waals surface area contributed by atoms with Gasteiger partial charge in [0.05, 0.1) is 7.11 Å². The van der Waals surface area contributed by atoms with E-state index in [0.29, 0.717) is 25.2 Å². The molecule has 0 aliphatic carbocycles. The zero-order chi connectivity index (χ0) is 19.9. The molecule has 0 radical (unpaired) electrons. The molecule has 0 saturated carbocycles. The number of benzene rings is 1. The highest BCUT2D eigenvalue weighted by Crippen LogP contribution is 2.15. The summed E-state index contributed by atoms with van der Waals surface area (Å²) in [4.78, 5) is 30.7. The summed E-state index contributed by atoms with van der Waals surface area (Å²) in [6, 6.07) is 11.0. The first-order chi connectivity index (χ1) is 13.5. The number of pyridine rings is 1. The molecule has 2 heterocycles. The van der Waals surface area contributed by atoms with Crippen molar-refractivity contribution in [3.63, 3.8) is 0 Å². The predicted octanol–water partition coefficient (Wildman–Crippen LogP) is 2.50. The zero-order valence-corrected chi connectivity index (χ0v) is 16.3. The van der Waals surface area contributed by atoms with Crippen molar-refractivity contribution in [1.82, 2.24) is 20.5 Å². The maximum absolute atomic E-state index is 12.6.